The highest BCUT2D eigenvalue weighted by Crippen LogP contribution is 2.37. The molecule has 7 nitrogen and oxygen atoms in total. The second-order valence-electron chi connectivity index (χ2n) is 10.5. The maximum atomic E-state index is 15.2. The zero-order valence-corrected chi connectivity index (χ0v) is 23.4. The number of rotatable bonds is 13. The Balaban J connectivity index is 1.60. The number of alkyl halides is 2. The molecule has 0 bridgehead atoms. The Kier molecular flexibility index (Phi) is 9.72. The third-order valence-electron chi connectivity index (χ3n) is 7.68. The molecule has 0 atom stereocenters. The van der Waals surface area contributed by atoms with Crippen LogP contribution < -0.4 is 10.6 Å². The summed E-state index contributed by atoms with van der Waals surface area (Å²) in [6, 6.07) is 3.47. The molecule has 2 aliphatic heterocycles. The lowest BCUT2D eigenvalue weighted by atomic mass is 9.89. The summed E-state index contributed by atoms with van der Waals surface area (Å²) in [6.07, 6.45) is 8.08. The van der Waals surface area contributed by atoms with Gasteiger partial charge < -0.3 is 10.6 Å². The van der Waals surface area contributed by atoms with Crippen molar-refractivity contribution in [2.24, 2.45) is 4.99 Å². The van der Waals surface area contributed by atoms with Crippen LogP contribution in [-0.2, 0) is 21.2 Å². The maximum absolute atomic E-state index is 15.2. The largest absolute Gasteiger partial charge is 0.388 e. The molecule has 0 unspecified atom stereocenters. The fourth-order valence-corrected chi connectivity index (χ4v) is 6.66. The van der Waals surface area contributed by atoms with Crippen molar-refractivity contribution in [3.63, 3.8) is 0 Å². The standard InChI is InChI=1S/C27H42F2N4O3S/c1-5-6-7-8-9-10-11-12-24-31-25(34)26(32-24)13-15-33(16-14-26)37(35,36)27(28,29)19-23-20(2)17-22(30-4)18-21(23)3/h17-18,30H,5-16,19H2,1-4H3,(H,31,32,34). The molecule has 3 rings (SSSR count). The number of anilines is 1. The Hall–Kier alpha value is -2.07. The number of nitrogens with one attached hydrogen (secondary N) is 2. The van der Waals surface area contributed by atoms with Crippen LogP contribution in [0, 0.1) is 13.8 Å². The molecule has 1 aromatic rings. The Morgan fingerprint density at radius 3 is 2.19 bits per heavy atom. The minimum Gasteiger partial charge on any atom is -0.388 e. The highest BCUT2D eigenvalue weighted by atomic mass is 32.2. The number of unbranched alkanes of at least 4 members (excludes halogenated alkanes) is 6. The first-order valence-corrected chi connectivity index (χ1v) is 15.0. The monoisotopic (exact) mass is 540 g/mol. The summed E-state index contributed by atoms with van der Waals surface area (Å²) in [5.74, 6) is 0.390. The lowest BCUT2D eigenvalue weighted by Gasteiger charge is -2.36. The van der Waals surface area contributed by atoms with E-state index in [0.29, 0.717) is 28.9 Å². The minimum atomic E-state index is -4.91. The summed E-state index contributed by atoms with van der Waals surface area (Å²) in [5, 5.41) is 1.87. The molecule has 2 aliphatic rings. The van der Waals surface area contributed by atoms with Gasteiger partial charge >= 0.3 is 5.25 Å². The second-order valence-corrected chi connectivity index (χ2v) is 12.5. The number of nitrogens with zero attached hydrogens (tertiary/aromatic N) is 2. The molecule has 10 heteroatoms. The van der Waals surface area contributed by atoms with Crippen LogP contribution in [0.3, 0.4) is 0 Å². The van der Waals surface area contributed by atoms with Gasteiger partial charge in [0.2, 0.25) is 0 Å². The van der Waals surface area contributed by atoms with Gasteiger partial charge in [-0.15, -0.1) is 0 Å². The molecule has 2 N–H and O–H groups in total. The van der Waals surface area contributed by atoms with E-state index in [1.54, 1.807) is 33.0 Å². The van der Waals surface area contributed by atoms with Crippen LogP contribution in [0.4, 0.5) is 14.5 Å². The molecule has 37 heavy (non-hydrogen) atoms. The molecule has 0 radical (unpaired) electrons. The predicted molar refractivity (Wildman–Crippen MR) is 145 cm³/mol. The van der Waals surface area contributed by atoms with E-state index in [0.717, 1.165) is 29.3 Å². The van der Waals surface area contributed by atoms with Gasteiger partial charge in [-0.1, -0.05) is 45.4 Å². The van der Waals surface area contributed by atoms with Gasteiger partial charge in [0.05, 0.1) is 6.42 Å². The van der Waals surface area contributed by atoms with Crippen LogP contribution in [0.2, 0.25) is 0 Å². The maximum Gasteiger partial charge on any atom is 0.363 e. The van der Waals surface area contributed by atoms with Gasteiger partial charge in [-0.2, -0.15) is 13.1 Å². The summed E-state index contributed by atoms with van der Waals surface area (Å²) in [6.45, 7) is 5.29. The normalized spacial score (nSPS) is 18.2. The molecule has 1 amide bonds. The van der Waals surface area contributed by atoms with E-state index in [-0.39, 0.29) is 31.8 Å². The number of sulfonamides is 1. The van der Waals surface area contributed by atoms with Crippen molar-refractivity contribution in [3.05, 3.63) is 28.8 Å². The fraction of sp³-hybridized carbons (Fsp3) is 0.704. The molecular formula is C27H42F2N4O3S. The molecule has 208 valence electrons. The van der Waals surface area contributed by atoms with E-state index < -0.39 is 27.2 Å². The van der Waals surface area contributed by atoms with E-state index in [1.165, 1.54) is 25.7 Å². The van der Waals surface area contributed by atoms with E-state index in [4.69, 9.17) is 0 Å². The number of amides is 1. The van der Waals surface area contributed by atoms with E-state index in [1.807, 2.05) is 0 Å². The summed E-state index contributed by atoms with van der Waals surface area (Å²) < 4.78 is 57.3. The van der Waals surface area contributed by atoms with E-state index in [2.05, 4.69) is 22.5 Å². The van der Waals surface area contributed by atoms with E-state index in [9.17, 15) is 13.2 Å². The zero-order valence-electron chi connectivity index (χ0n) is 22.6. The van der Waals surface area contributed by atoms with Crippen molar-refractivity contribution in [1.82, 2.24) is 9.62 Å². The molecule has 1 saturated heterocycles. The lowest BCUT2D eigenvalue weighted by Crippen LogP contribution is -2.53. The molecule has 1 aromatic carbocycles. The average Bonchev–Trinajstić information content (AvgIpc) is 3.15. The number of aliphatic imine (C=N–C) groups is 1. The van der Waals surface area contributed by atoms with Crippen molar-refractivity contribution in [2.75, 3.05) is 25.5 Å². The first-order chi connectivity index (χ1) is 17.5. The molecule has 1 spiro atoms. The smallest absolute Gasteiger partial charge is 0.363 e. The number of hydrogen-bond donors (Lipinski definition) is 2. The first kappa shape index (κ1) is 29.5. The molecule has 1 fully saturated rings. The van der Waals surface area contributed by atoms with Crippen LogP contribution in [0.25, 0.3) is 0 Å². The number of piperidine rings is 1. The Morgan fingerprint density at radius 2 is 1.62 bits per heavy atom. The summed E-state index contributed by atoms with van der Waals surface area (Å²) >= 11 is 0. The number of carbonyl (C=O) groups excluding carboxylic acids is 1. The van der Waals surface area contributed by atoms with Gasteiger partial charge in [0.25, 0.3) is 15.9 Å². The number of carbonyl (C=O) groups is 1. The second kappa shape index (κ2) is 12.2. The van der Waals surface area contributed by atoms with Crippen molar-refractivity contribution in [3.8, 4) is 0 Å². The Morgan fingerprint density at radius 1 is 1.05 bits per heavy atom. The van der Waals surface area contributed by atoms with Crippen LogP contribution in [0.1, 0.15) is 87.8 Å². The Labute approximate surface area is 220 Å². The number of amidine groups is 1. The lowest BCUT2D eigenvalue weighted by molar-refractivity contribution is -0.125. The van der Waals surface area contributed by atoms with Gasteiger partial charge in [-0.25, -0.2) is 8.42 Å². The molecule has 0 aromatic heterocycles. The summed E-state index contributed by atoms with van der Waals surface area (Å²) in [5.41, 5.74) is 1.29. The number of benzene rings is 1. The third kappa shape index (κ3) is 6.69. The van der Waals surface area contributed by atoms with Crippen LogP contribution >= 0.6 is 0 Å². The highest BCUT2D eigenvalue weighted by Gasteiger charge is 2.53. The summed E-state index contributed by atoms with van der Waals surface area (Å²) in [4.78, 5) is 17.4. The summed E-state index contributed by atoms with van der Waals surface area (Å²) in [7, 11) is -3.17. The third-order valence-corrected chi connectivity index (χ3v) is 9.62. The van der Waals surface area contributed by atoms with E-state index >= 15 is 8.78 Å². The van der Waals surface area contributed by atoms with Crippen LogP contribution in [-0.4, -0.2) is 55.4 Å². The topological polar surface area (TPSA) is 90.9 Å². The SMILES string of the molecule is CCCCCCCCCC1=NC2(CCN(S(=O)(=O)C(F)(F)Cc3c(C)cc(NC)cc3C)CC2)C(=O)N1. The van der Waals surface area contributed by atoms with Crippen LogP contribution in [0.5, 0.6) is 0 Å². The van der Waals surface area contributed by atoms with Crippen LogP contribution in [0.15, 0.2) is 17.1 Å². The van der Waals surface area contributed by atoms with Gasteiger partial charge in [-0.3, -0.25) is 9.79 Å². The highest BCUT2D eigenvalue weighted by molar-refractivity contribution is 7.90. The van der Waals surface area contributed by atoms with Gasteiger partial charge in [0, 0.05) is 32.2 Å². The Bertz CT molecular complexity index is 1070. The molecule has 0 saturated carbocycles. The molecule has 0 aliphatic carbocycles. The number of halogens is 2. The zero-order chi connectivity index (χ0) is 27.3. The molecule has 2 heterocycles. The fourth-order valence-electron chi connectivity index (χ4n) is 5.29. The number of hydrogen-bond acceptors (Lipinski definition) is 5. The van der Waals surface area contributed by atoms with Gasteiger partial charge in [0.15, 0.2) is 0 Å². The van der Waals surface area contributed by atoms with Crippen molar-refractivity contribution in [1.29, 1.82) is 0 Å². The average molecular weight is 541 g/mol. The van der Waals surface area contributed by atoms with Gasteiger partial charge in [0.1, 0.15) is 11.4 Å². The van der Waals surface area contributed by atoms with Crippen molar-refractivity contribution < 1.29 is 22.0 Å². The predicted octanol–water partition coefficient (Wildman–Crippen LogP) is 5.31. The van der Waals surface area contributed by atoms with Crippen molar-refractivity contribution >= 4 is 27.5 Å². The number of aryl methyl sites for hydroxylation is 2. The van der Waals surface area contributed by atoms with Crippen molar-refractivity contribution in [2.45, 2.75) is 102 Å². The van der Waals surface area contributed by atoms with Gasteiger partial charge in [-0.05, 0) is 61.9 Å². The first-order valence-electron chi connectivity index (χ1n) is 13.5. The molecular weight excluding hydrogens is 498 g/mol. The minimum absolute atomic E-state index is 0.101. The quantitative estimate of drug-likeness (QED) is 0.332.